The molecule has 0 bridgehead atoms. The Bertz CT molecular complexity index is 2000. The Hall–Kier alpha value is -3.83. The second-order valence-electron chi connectivity index (χ2n) is 13.6. The Labute approximate surface area is 330 Å². The molecule has 3 aromatic rings. The van der Waals surface area contributed by atoms with E-state index in [0.717, 1.165) is 11.6 Å². The van der Waals surface area contributed by atoms with Gasteiger partial charge >= 0.3 is 6.03 Å². The number of rotatable bonds is 9. The second kappa shape index (κ2) is 17.1. The molecule has 4 aliphatic heterocycles. The monoisotopic (exact) mass is 816 g/mol. The Balaban J connectivity index is 1.30. The van der Waals surface area contributed by atoms with E-state index in [-0.39, 0.29) is 62.5 Å². The molecule has 4 aliphatic rings. The summed E-state index contributed by atoms with van der Waals surface area (Å²) < 4.78 is 61.7. The molecular weight excluding hydrogens is 774 g/mol. The van der Waals surface area contributed by atoms with E-state index in [1.807, 2.05) is 29.2 Å². The van der Waals surface area contributed by atoms with Gasteiger partial charge in [-0.2, -0.15) is 4.31 Å². The van der Waals surface area contributed by atoms with Gasteiger partial charge in [-0.1, -0.05) is 47.5 Å². The normalized spacial score (nSPS) is 21.5. The standard InChI is InChI=1S/C38H43Cl2FN6O7S/c1-2-54-32-24-31(41)33(55(50,51)46-17-21-53-22-18-46)23-30(32)37-42-35(26-3-7-28(39)8-4-26)36(27-5-9-29(40)10-6-27)47(37)38(49)45-13-11-43(12-14-45)25-34(48)44-15-19-52-20-16-44/h3-10,23-24,35-36H,2,11-22,25H2,1H3/t35-,36+/m0/s1. The van der Waals surface area contributed by atoms with Crippen molar-refractivity contribution in [3.8, 4) is 5.75 Å². The van der Waals surface area contributed by atoms with Crippen LogP contribution in [0.3, 0.4) is 0 Å². The maximum Gasteiger partial charge on any atom is 0.326 e. The molecule has 2 atom stereocenters. The predicted molar refractivity (Wildman–Crippen MR) is 205 cm³/mol. The Kier molecular flexibility index (Phi) is 12.3. The highest BCUT2D eigenvalue weighted by Gasteiger charge is 2.46. The largest absolute Gasteiger partial charge is 0.493 e. The van der Waals surface area contributed by atoms with Gasteiger partial charge in [0.2, 0.25) is 15.9 Å². The number of ether oxygens (including phenoxy) is 3. The first-order valence-electron chi connectivity index (χ1n) is 18.3. The number of urea groups is 1. The van der Waals surface area contributed by atoms with E-state index in [1.165, 1.54) is 10.4 Å². The van der Waals surface area contributed by atoms with Crippen molar-refractivity contribution in [3.63, 3.8) is 0 Å². The average molecular weight is 818 g/mol. The summed E-state index contributed by atoms with van der Waals surface area (Å²) in [5.41, 5.74) is 1.60. The van der Waals surface area contributed by atoms with Gasteiger partial charge in [0.1, 0.15) is 28.3 Å². The lowest BCUT2D eigenvalue weighted by Crippen LogP contribution is -2.56. The summed E-state index contributed by atoms with van der Waals surface area (Å²) >= 11 is 12.6. The molecule has 13 nitrogen and oxygen atoms in total. The molecule has 0 N–H and O–H groups in total. The molecule has 0 saturated carbocycles. The van der Waals surface area contributed by atoms with Crippen molar-refractivity contribution in [1.29, 1.82) is 0 Å². The SMILES string of the molecule is CCOc1cc(F)c(S(=O)(=O)N2CCOCC2)cc1C1=N[C@@H](c2ccc(Cl)cc2)[C@@H](c2ccc(Cl)cc2)N1C(=O)N1CCN(CC(=O)N2CCOCC2)CC1. The Morgan fingerprint density at radius 1 is 0.818 bits per heavy atom. The molecule has 3 amide bonds. The van der Waals surface area contributed by atoms with Crippen molar-refractivity contribution in [1.82, 2.24) is 23.9 Å². The molecule has 294 valence electrons. The van der Waals surface area contributed by atoms with Gasteiger partial charge in [-0.25, -0.2) is 17.6 Å². The van der Waals surface area contributed by atoms with Crippen molar-refractivity contribution in [2.24, 2.45) is 4.99 Å². The van der Waals surface area contributed by atoms with Crippen molar-refractivity contribution < 1.29 is 36.6 Å². The number of nitrogens with zero attached hydrogens (tertiary/aromatic N) is 6. The highest BCUT2D eigenvalue weighted by atomic mass is 35.5. The third kappa shape index (κ3) is 8.48. The van der Waals surface area contributed by atoms with Crippen LogP contribution in [0.15, 0.2) is 70.6 Å². The van der Waals surface area contributed by atoms with E-state index in [1.54, 1.807) is 45.9 Å². The fraction of sp³-hybridized carbons (Fsp3) is 0.447. The summed E-state index contributed by atoms with van der Waals surface area (Å²) in [5, 5.41) is 1.02. The van der Waals surface area contributed by atoms with Crippen LogP contribution >= 0.6 is 23.2 Å². The molecule has 3 saturated heterocycles. The van der Waals surface area contributed by atoms with Gasteiger partial charge in [-0.05, 0) is 48.4 Å². The van der Waals surface area contributed by atoms with Crippen molar-refractivity contribution in [2.45, 2.75) is 23.9 Å². The Morgan fingerprint density at radius 2 is 1.40 bits per heavy atom. The zero-order valence-corrected chi connectivity index (χ0v) is 32.7. The third-order valence-electron chi connectivity index (χ3n) is 10.2. The van der Waals surface area contributed by atoms with Gasteiger partial charge in [0.05, 0.1) is 51.2 Å². The van der Waals surface area contributed by atoms with E-state index in [2.05, 4.69) is 0 Å². The Morgan fingerprint density at radius 3 is 2.00 bits per heavy atom. The van der Waals surface area contributed by atoms with Crippen LogP contribution in [0.4, 0.5) is 9.18 Å². The van der Waals surface area contributed by atoms with Crippen LogP contribution in [0.1, 0.15) is 35.7 Å². The summed E-state index contributed by atoms with van der Waals surface area (Å²) in [4.78, 5) is 39.8. The van der Waals surface area contributed by atoms with Gasteiger partial charge < -0.3 is 24.0 Å². The molecular formula is C38H43Cl2FN6O7S. The molecule has 7 rings (SSSR count). The molecule has 0 radical (unpaired) electrons. The third-order valence-corrected chi connectivity index (χ3v) is 12.6. The van der Waals surface area contributed by atoms with E-state index in [0.29, 0.717) is 68.1 Å². The van der Waals surface area contributed by atoms with E-state index >= 15 is 9.18 Å². The van der Waals surface area contributed by atoms with E-state index < -0.39 is 38.9 Å². The molecule has 55 heavy (non-hydrogen) atoms. The lowest BCUT2D eigenvalue weighted by molar-refractivity contribution is -0.136. The van der Waals surface area contributed by atoms with Crippen molar-refractivity contribution in [3.05, 3.63) is 93.2 Å². The first kappa shape index (κ1) is 39.4. The molecule has 4 heterocycles. The number of halogens is 3. The zero-order valence-electron chi connectivity index (χ0n) is 30.4. The molecule has 3 fully saturated rings. The average Bonchev–Trinajstić information content (AvgIpc) is 3.59. The summed E-state index contributed by atoms with van der Waals surface area (Å²) in [7, 11) is -4.32. The minimum Gasteiger partial charge on any atom is -0.493 e. The summed E-state index contributed by atoms with van der Waals surface area (Å²) in [6, 6.07) is 14.7. The van der Waals surface area contributed by atoms with Gasteiger partial charge in [-0.15, -0.1) is 0 Å². The van der Waals surface area contributed by atoms with E-state index in [9.17, 15) is 13.2 Å². The lowest BCUT2D eigenvalue weighted by Gasteiger charge is -2.39. The minimum absolute atomic E-state index is 0.0215. The number of piperazine rings is 1. The summed E-state index contributed by atoms with van der Waals surface area (Å²) in [5.74, 6) is -0.804. The van der Waals surface area contributed by atoms with Crippen molar-refractivity contribution in [2.75, 3.05) is 91.9 Å². The van der Waals surface area contributed by atoms with Crippen molar-refractivity contribution >= 4 is 51.0 Å². The van der Waals surface area contributed by atoms with Gasteiger partial charge in [-0.3, -0.25) is 19.6 Å². The smallest absolute Gasteiger partial charge is 0.326 e. The molecule has 3 aromatic carbocycles. The second-order valence-corrected chi connectivity index (χ2v) is 16.4. The number of benzene rings is 3. The van der Waals surface area contributed by atoms with Gasteiger partial charge in [0.25, 0.3) is 0 Å². The zero-order chi connectivity index (χ0) is 38.7. The quantitative estimate of drug-likeness (QED) is 0.305. The molecule has 0 unspecified atom stereocenters. The number of hydrogen-bond donors (Lipinski definition) is 0. The van der Waals surface area contributed by atoms with Gasteiger partial charge in [0, 0.05) is 68.5 Å². The number of hydrogen-bond acceptors (Lipinski definition) is 9. The predicted octanol–water partition coefficient (Wildman–Crippen LogP) is 4.69. The number of amides is 3. The maximum absolute atomic E-state index is 15.9. The topological polar surface area (TPSA) is 125 Å². The number of sulfonamides is 1. The van der Waals surface area contributed by atoms with Gasteiger partial charge in [0.15, 0.2) is 0 Å². The highest BCUT2D eigenvalue weighted by Crippen LogP contribution is 2.46. The molecule has 17 heteroatoms. The number of morpholine rings is 2. The summed E-state index contributed by atoms with van der Waals surface area (Å²) in [6.07, 6.45) is 0. The number of carbonyl (C=O) groups excluding carboxylic acids is 2. The van der Waals surface area contributed by atoms with Crippen LogP contribution in [-0.2, 0) is 24.3 Å². The lowest BCUT2D eigenvalue weighted by atomic mass is 9.93. The van der Waals surface area contributed by atoms with Crippen LogP contribution in [0.25, 0.3) is 0 Å². The molecule has 0 aromatic heterocycles. The maximum atomic E-state index is 15.9. The summed E-state index contributed by atoms with van der Waals surface area (Å²) in [6.45, 7) is 6.27. The van der Waals surface area contributed by atoms with Crippen LogP contribution in [0.5, 0.6) is 5.75 Å². The highest BCUT2D eigenvalue weighted by molar-refractivity contribution is 7.89. The van der Waals surface area contributed by atoms with E-state index in [4.69, 9.17) is 42.4 Å². The van der Waals surface area contributed by atoms with Crippen LogP contribution in [0.2, 0.25) is 10.0 Å². The fourth-order valence-electron chi connectivity index (χ4n) is 7.32. The van der Waals surface area contributed by atoms with Crippen LogP contribution in [-0.4, -0.2) is 142 Å². The first-order chi connectivity index (χ1) is 26.5. The fourth-order valence-corrected chi connectivity index (χ4v) is 9.05. The van der Waals surface area contributed by atoms with Crippen LogP contribution in [0, 0.1) is 5.82 Å². The molecule has 0 spiro atoms. The first-order valence-corrected chi connectivity index (χ1v) is 20.5. The molecule has 0 aliphatic carbocycles. The van der Waals surface area contributed by atoms with Crippen LogP contribution < -0.4 is 4.74 Å². The minimum atomic E-state index is -4.32. The number of amidine groups is 1. The number of carbonyl (C=O) groups is 2. The number of aliphatic imine (C=N–C) groups is 1.